The zero-order valence-electron chi connectivity index (χ0n) is 22.6. The number of pyridine rings is 1. The van der Waals surface area contributed by atoms with E-state index >= 15 is 0 Å². The molecule has 0 aliphatic carbocycles. The van der Waals surface area contributed by atoms with Crippen molar-refractivity contribution in [3.63, 3.8) is 0 Å². The lowest BCUT2D eigenvalue weighted by Crippen LogP contribution is -2.47. The standard InChI is InChI=1S/C28H35N3O8S2/c32-12-13-40(34,35)25-6-3-5-24(15-25)38-20-23(33)17-29-22-16-28(39-19-22)8-10-31(11-9-28)41(36,37)26-14-21-4-1-2-7-27(21)30-18-26/h1-7,14-15,18,22-23,29,32-33H,8-13,16-17,19-20H2/t22-,23?/m1/s1. The number of nitrogens with one attached hydrogen (secondary N) is 1. The fraction of sp³-hybridized carbons (Fsp3) is 0.464. The maximum Gasteiger partial charge on any atom is 0.244 e. The van der Waals surface area contributed by atoms with Crippen molar-refractivity contribution in [1.82, 2.24) is 14.6 Å². The van der Waals surface area contributed by atoms with Gasteiger partial charge in [0.1, 0.15) is 23.4 Å². The molecule has 222 valence electrons. The SMILES string of the molecule is O=S(=O)(CCO)c1cccc(OCC(O)CN[C@H]2COC3(CCN(S(=O)(=O)c4cnc5ccccc5c4)CC3)C2)c1. The van der Waals surface area contributed by atoms with E-state index in [1.54, 1.807) is 18.2 Å². The summed E-state index contributed by atoms with van der Waals surface area (Å²) in [4.78, 5) is 4.55. The van der Waals surface area contributed by atoms with Gasteiger partial charge >= 0.3 is 0 Å². The summed E-state index contributed by atoms with van der Waals surface area (Å²) < 4.78 is 64.1. The number of aliphatic hydroxyl groups excluding tert-OH is 2. The van der Waals surface area contributed by atoms with Crippen molar-refractivity contribution in [3.8, 4) is 5.75 Å². The topological polar surface area (TPSA) is 155 Å². The molecular formula is C28H35N3O8S2. The number of sulfone groups is 1. The number of aromatic nitrogens is 1. The van der Waals surface area contributed by atoms with E-state index in [1.807, 2.05) is 24.3 Å². The Kier molecular flexibility index (Phi) is 8.95. The van der Waals surface area contributed by atoms with E-state index in [4.69, 9.17) is 14.6 Å². The summed E-state index contributed by atoms with van der Waals surface area (Å²) in [6, 6.07) is 15.1. The summed E-state index contributed by atoms with van der Waals surface area (Å²) in [6.45, 7) is 0.911. The van der Waals surface area contributed by atoms with Gasteiger partial charge in [-0.25, -0.2) is 16.8 Å². The van der Waals surface area contributed by atoms with Crippen LogP contribution in [0.5, 0.6) is 5.75 Å². The van der Waals surface area contributed by atoms with Crippen LogP contribution in [-0.2, 0) is 24.6 Å². The van der Waals surface area contributed by atoms with Gasteiger partial charge in [0.15, 0.2) is 9.84 Å². The Balaban J connectivity index is 1.09. The van der Waals surface area contributed by atoms with Crippen molar-refractivity contribution >= 4 is 30.8 Å². The Bertz CT molecular complexity index is 1570. The summed E-state index contributed by atoms with van der Waals surface area (Å²) in [5.74, 6) is -0.0589. The molecule has 3 heterocycles. The Labute approximate surface area is 240 Å². The van der Waals surface area contributed by atoms with Gasteiger partial charge in [0.05, 0.1) is 35.0 Å². The average molecular weight is 606 g/mol. The average Bonchev–Trinajstić information content (AvgIpc) is 3.37. The first-order valence-corrected chi connectivity index (χ1v) is 16.7. The van der Waals surface area contributed by atoms with Crippen molar-refractivity contribution in [1.29, 1.82) is 0 Å². The van der Waals surface area contributed by atoms with Crippen LogP contribution in [-0.4, -0.2) is 99.3 Å². The monoisotopic (exact) mass is 605 g/mol. The molecule has 11 nitrogen and oxygen atoms in total. The van der Waals surface area contributed by atoms with Crippen LogP contribution in [0.4, 0.5) is 0 Å². The largest absolute Gasteiger partial charge is 0.491 e. The van der Waals surface area contributed by atoms with E-state index in [9.17, 15) is 21.9 Å². The lowest BCUT2D eigenvalue weighted by molar-refractivity contribution is -0.0312. The van der Waals surface area contributed by atoms with E-state index in [0.717, 1.165) is 10.9 Å². The van der Waals surface area contributed by atoms with Crippen LogP contribution in [0.1, 0.15) is 19.3 Å². The predicted octanol–water partition coefficient (Wildman–Crippen LogP) is 1.34. The smallest absolute Gasteiger partial charge is 0.244 e. The Morgan fingerprint density at radius 3 is 2.63 bits per heavy atom. The Morgan fingerprint density at radius 1 is 1.07 bits per heavy atom. The normalized spacial score (nSPS) is 20.4. The quantitative estimate of drug-likeness (QED) is 0.292. The summed E-state index contributed by atoms with van der Waals surface area (Å²) >= 11 is 0. The molecule has 2 atom stereocenters. The second kappa shape index (κ2) is 12.3. The maximum atomic E-state index is 13.3. The van der Waals surface area contributed by atoms with Crippen LogP contribution in [0.25, 0.3) is 10.9 Å². The molecule has 1 aromatic heterocycles. The maximum absolute atomic E-state index is 13.3. The molecule has 13 heteroatoms. The number of sulfonamides is 1. The summed E-state index contributed by atoms with van der Waals surface area (Å²) in [7, 11) is -7.27. The Morgan fingerprint density at radius 2 is 1.85 bits per heavy atom. The number of rotatable bonds is 11. The molecule has 0 bridgehead atoms. The number of hydrogen-bond acceptors (Lipinski definition) is 10. The zero-order valence-corrected chi connectivity index (χ0v) is 24.2. The summed E-state index contributed by atoms with van der Waals surface area (Å²) in [6.07, 6.45) is 2.43. The van der Waals surface area contributed by atoms with Crippen LogP contribution >= 0.6 is 0 Å². The van der Waals surface area contributed by atoms with Gasteiger partial charge < -0.3 is 25.0 Å². The zero-order chi connectivity index (χ0) is 29.1. The van der Waals surface area contributed by atoms with E-state index in [1.165, 1.54) is 22.6 Å². The second-order valence-electron chi connectivity index (χ2n) is 10.6. The third-order valence-corrected chi connectivity index (χ3v) is 11.2. The molecule has 1 unspecified atom stereocenters. The molecule has 2 aliphatic rings. The molecule has 2 aliphatic heterocycles. The summed E-state index contributed by atoms with van der Waals surface area (Å²) in [5, 5.41) is 23.5. The molecule has 2 saturated heterocycles. The number of benzene rings is 2. The van der Waals surface area contributed by atoms with Gasteiger partial charge in [0.2, 0.25) is 10.0 Å². The third kappa shape index (κ3) is 6.88. The minimum Gasteiger partial charge on any atom is -0.491 e. The highest BCUT2D eigenvalue weighted by atomic mass is 32.2. The number of piperidine rings is 1. The molecule has 3 aromatic rings. The fourth-order valence-corrected chi connectivity index (χ4v) is 7.83. The fourth-order valence-electron chi connectivity index (χ4n) is 5.35. The molecule has 2 fully saturated rings. The molecule has 0 radical (unpaired) electrons. The van der Waals surface area contributed by atoms with Gasteiger partial charge in [-0.2, -0.15) is 4.31 Å². The van der Waals surface area contributed by atoms with E-state index < -0.39 is 38.2 Å². The van der Waals surface area contributed by atoms with Gasteiger partial charge in [-0.05, 0) is 49.6 Å². The lowest BCUT2D eigenvalue weighted by Gasteiger charge is -2.38. The number of fused-ring (bicyclic) bond motifs is 1. The van der Waals surface area contributed by atoms with Crippen LogP contribution in [0.15, 0.2) is 70.6 Å². The van der Waals surface area contributed by atoms with Crippen LogP contribution in [0, 0.1) is 0 Å². The van der Waals surface area contributed by atoms with Gasteiger partial charge in [0, 0.05) is 37.3 Å². The van der Waals surface area contributed by atoms with Crippen LogP contribution in [0.2, 0.25) is 0 Å². The predicted molar refractivity (Wildman–Crippen MR) is 152 cm³/mol. The second-order valence-corrected chi connectivity index (χ2v) is 14.6. The number of ether oxygens (including phenoxy) is 2. The van der Waals surface area contributed by atoms with E-state index in [0.29, 0.717) is 44.7 Å². The molecule has 5 rings (SSSR count). The minimum atomic E-state index is -3.67. The molecule has 1 spiro atoms. The molecule has 41 heavy (non-hydrogen) atoms. The first kappa shape index (κ1) is 29.8. The minimum absolute atomic E-state index is 0.00412. The molecular weight excluding hydrogens is 570 g/mol. The van der Waals surface area contributed by atoms with Gasteiger partial charge in [-0.3, -0.25) is 4.98 Å². The Hall–Kier alpha value is -2.65. The van der Waals surface area contributed by atoms with Crippen molar-refractivity contribution < 1.29 is 36.5 Å². The first-order chi connectivity index (χ1) is 19.6. The van der Waals surface area contributed by atoms with E-state index in [2.05, 4.69) is 10.3 Å². The lowest BCUT2D eigenvalue weighted by atomic mass is 9.88. The third-order valence-electron chi connectivity index (χ3n) is 7.66. The number of para-hydroxylation sites is 1. The van der Waals surface area contributed by atoms with Crippen molar-refractivity contribution in [3.05, 3.63) is 60.8 Å². The van der Waals surface area contributed by atoms with Crippen molar-refractivity contribution in [2.24, 2.45) is 0 Å². The number of hydrogen-bond donors (Lipinski definition) is 3. The molecule has 3 N–H and O–H groups in total. The van der Waals surface area contributed by atoms with Gasteiger partial charge in [-0.1, -0.05) is 24.3 Å². The van der Waals surface area contributed by atoms with Crippen LogP contribution < -0.4 is 10.1 Å². The molecule has 0 amide bonds. The highest BCUT2D eigenvalue weighted by molar-refractivity contribution is 7.91. The molecule has 2 aromatic carbocycles. The van der Waals surface area contributed by atoms with Crippen LogP contribution in [0.3, 0.4) is 0 Å². The van der Waals surface area contributed by atoms with Gasteiger partial charge in [-0.15, -0.1) is 0 Å². The van der Waals surface area contributed by atoms with Gasteiger partial charge in [0.25, 0.3) is 0 Å². The number of aliphatic hydroxyl groups is 2. The van der Waals surface area contributed by atoms with Crippen molar-refractivity contribution in [2.45, 2.75) is 46.8 Å². The molecule has 0 saturated carbocycles. The number of nitrogens with zero attached hydrogens (tertiary/aromatic N) is 2. The highest BCUT2D eigenvalue weighted by Gasteiger charge is 2.44. The van der Waals surface area contributed by atoms with E-state index in [-0.39, 0.29) is 34.7 Å². The summed E-state index contributed by atoms with van der Waals surface area (Å²) in [5.41, 5.74) is 0.338. The van der Waals surface area contributed by atoms with Crippen molar-refractivity contribution in [2.75, 3.05) is 45.2 Å². The highest BCUT2D eigenvalue weighted by Crippen LogP contribution is 2.37. The first-order valence-electron chi connectivity index (χ1n) is 13.6.